The molecule has 2 aliphatic rings. The summed E-state index contributed by atoms with van der Waals surface area (Å²) in [5.41, 5.74) is 4.48. The Bertz CT molecular complexity index is 1490. The maximum atomic E-state index is 14.2. The number of nitrogens with one attached hydrogen (secondary N) is 1. The van der Waals surface area contributed by atoms with E-state index in [1.807, 2.05) is 25.1 Å². The van der Waals surface area contributed by atoms with E-state index in [2.05, 4.69) is 42.2 Å². The number of hydrogen-bond acceptors (Lipinski definition) is 2. The van der Waals surface area contributed by atoms with Crippen molar-refractivity contribution in [2.75, 3.05) is 19.6 Å². The van der Waals surface area contributed by atoms with Crippen LogP contribution in [0.1, 0.15) is 40.8 Å². The van der Waals surface area contributed by atoms with E-state index < -0.39 is 5.54 Å². The average Bonchev–Trinajstić information content (AvgIpc) is 3.28. The van der Waals surface area contributed by atoms with Crippen LogP contribution in [0.4, 0.5) is 4.39 Å². The molecule has 0 saturated carbocycles. The van der Waals surface area contributed by atoms with Crippen LogP contribution in [0.2, 0.25) is 0 Å². The lowest BCUT2D eigenvalue weighted by Crippen LogP contribution is -2.67. The fourth-order valence-corrected chi connectivity index (χ4v) is 5.91. The maximum absolute atomic E-state index is 14.2. The highest BCUT2D eigenvalue weighted by molar-refractivity contribution is 6.01. The van der Waals surface area contributed by atoms with Crippen molar-refractivity contribution in [2.45, 2.75) is 31.7 Å². The van der Waals surface area contributed by atoms with Gasteiger partial charge in [-0.25, -0.2) is 4.39 Å². The second kappa shape index (κ2) is 8.33. The Morgan fingerprint density at radius 3 is 2.50 bits per heavy atom. The lowest BCUT2D eigenvalue weighted by Gasteiger charge is -2.51. The summed E-state index contributed by atoms with van der Waals surface area (Å²) < 4.78 is 14.2. The summed E-state index contributed by atoms with van der Waals surface area (Å²) in [6.45, 7) is 4.62. The SMILES string of the molecule is Cc1ccc(C2CN3C(=O)CN(CCc4ccccc4F)C(=O)C3(C)c3[nH]c4ccccc4c32)cc1. The minimum atomic E-state index is -1.15. The molecule has 4 aromatic rings. The molecular formula is C30H28FN3O2. The largest absolute Gasteiger partial charge is 0.356 e. The Kier molecular flexibility index (Phi) is 5.21. The zero-order valence-electron chi connectivity index (χ0n) is 20.4. The van der Waals surface area contributed by atoms with Gasteiger partial charge in [0.1, 0.15) is 5.82 Å². The van der Waals surface area contributed by atoms with Gasteiger partial charge in [-0.15, -0.1) is 0 Å². The Hall–Kier alpha value is -3.93. The van der Waals surface area contributed by atoms with Gasteiger partial charge < -0.3 is 14.8 Å². The van der Waals surface area contributed by atoms with Crippen molar-refractivity contribution >= 4 is 22.7 Å². The normalized spacial score (nSPS) is 21.6. The highest BCUT2D eigenvalue weighted by Gasteiger charge is 2.56. The van der Waals surface area contributed by atoms with Crippen molar-refractivity contribution in [3.05, 3.63) is 107 Å². The quantitative estimate of drug-likeness (QED) is 0.451. The number of hydrogen-bond donors (Lipinski definition) is 1. The number of halogens is 1. The van der Waals surface area contributed by atoms with Gasteiger partial charge in [-0.2, -0.15) is 0 Å². The highest BCUT2D eigenvalue weighted by atomic mass is 19.1. The van der Waals surface area contributed by atoms with Crippen LogP contribution in [-0.4, -0.2) is 46.2 Å². The molecule has 3 aromatic carbocycles. The number of rotatable bonds is 4. The van der Waals surface area contributed by atoms with E-state index in [1.165, 1.54) is 11.6 Å². The molecule has 6 rings (SSSR count). The number of amides is 2. The predicted octanol–water partition coefficient (Wildman–Crippen LogP) is 4.89. The molecule has 6 heteroatoms. The van der Waals surface area contributed by atoms with Crippen LogP contribution in [0.25, 0.3) is 10.9 Å². The summed E-state index contributed by atoms with van der Waals surface area (Å²) in [5, 5.41) is 1.07. The van der Waals surface area contributed by atoms with Crippen LogP contribution in [0.5, 0.6) is 0 Å². The molecule has 1 N–H and O–H groups in total. The summed E-state index contributed by atoms with van der Waals surface area (Å²) in [7, 11) is 0. The number of piperazine rings is 1. The monoisotopic (exact) mass is 481 g/mol. The molecule has 2 aliphatic heterocycles. The van der Waals surface area contributed by atoms with Crippen LogP contribution >= 0.6 is 0 Å². The van der Waals surface area contributed by atoms with E-state index in [4.69, 9.17) is 0 Å². The minimum Gasteiger partial charge on any atom is -0.356 e. The zero-order valence-corrected chi connectivity index (χ0v) is 20.4. The number of para-hydroxylation sites is 1. The van der Waals surface area contributed by atoms with E-state index in [0.717, 1.165) is 27.7 Å². The Balaban J connectivity index is 1.44. The van der Waals surface area contributed by atoms with Crippen molar-refractivity contribution in [3.63, 3.8) is 0 Å². The third-order valence-corrected chi connectivity index (χ3v) is 7.91. The zero-order chi connectivity index (χ0) is 25.0. The van der Waals surface area contributed by atoms with Gasteiger partial charge >= 0.3 is 0 Å². The molecule has 2 amide bonds. The molecule has 0 bridgehead atoms. The summed E-state index contributed by atoms with van der Waals surface area (Å²) in [5.74, 6) is -0.565. The molecule has 2 unspecified atom stereocenters. The first-order valence-corrected chi connectivity index (χ1v) is 12.4. The van der Waals surface area contributed by atoms with Gasteiger partial charge in [-0.05, 0) is 49.1 Å². The molecule has 2 atom stereocenters. The third-order valence-electron chi connectivity index (χ3n) is 7.91. The number of aromatic nitrogens is 1. The summed E-state index contributed by atoms with van der Waals surface area (Å²) in [4.78, 5) is 34.5. The molecule has 0 spiro atoms. The lowest BCUT2D eigenvalue weighted by atomic mass is 9.76. The number of benzene rings is 3. The van der Waals surface area contributed by atoms with E-state index in [1.54, 1.807) is 28.0 Å². The molecule has 0 radical (unpaired) electrons. The summed E-state index contributed by atoms with van der Waals surface area (Å²) in [6, 6.07) is 23.1. The smallest absolute Gasteiger partial charge is 0.254 e. The maximum Gasteiger partial charge on any atom is 0.254 e. The number of aromatic amines is 1. The van der Waals surface area contributed by atoms with Crippen molar-refractivity contribution < 1.29 is 14.0 Å². The number of H-pyrrole nitrogens is 1. The molecule has 1 fully saturated rings. The third kappa shape index (κ3) is 3.35. The molecular weight excluding hydrogens is 453 g/mol. The molecule has 5 nitrogen and oxygen atoms in total. The second-order valence-electron chi connectivity index (χ2n) is 10.1. The number of nitrogens with zero attached hydrogens (tertiary/aromatic N) is 2. The fraction of sp³-hybridized carbons (Fsp3) is 0.267. The number of carbonyl (C=O) groups excluding carboxylic acids is 2. The molecule has 3 heterocycles. The summed E-state index contributed by atoms with van der Waals surface area (Å²) in [6.07, 6.45) is 0.354. The second-order valence-corrected chi connectivity index (χ2v) is 10.1. The topological polar surface area (TPSA) is 56.4 Å². The first-order valence-electron chi connectivity index (χ1n) is 12.4. The van der Waals surface area contributed by atoms with Crippen LogP contribution in [0.15, 0.2) is 72.8 Å². The molecule has 1 saturated heterocycles. The average molecular weight is 482 g/mol. The van der Waals surface area contributed by atoms with Crippen LogP contribution < -0.4 is 0 Å². The van der Waals surface area contributed by atoms with Gasteiger partial charge in [0.15, 0.2) is 5.54 Å². The predicted molar refractivity (Wildman–Crippen MR) is 137 cm³/mol. The van der Waals surface area contributed by atoms with Gasteiger partial charge in [0, 0.05) is 29.9 Å². The highest BCUT2D eigenvalue weighted by Crippen LogP contribution is 2.48. The van der Waals surface area contributed by atoms with Crippen molar-refractivity contribution in [3.8, 4) is 0 Å². The van der Waals surface area contributed by atoms with Crippen molar-refractivity contribution in [1.29, 1.82) is 0 Å². The number of carbonyl (C=O) groups is 2. The van der Waals surface area contributed by atoms with Gasteiger partial charge in [-0.1, -0.05) is 66.2 Å². The van der Waals surface area contributed by atoms with E-state index in [0.29, 0.717) is 18.5 Å². The lowest BCUT2D eigenvalue weighted by molar-refractivity contribution is -0.166. The van der Waals surface area contributed by atoms with Crippen molar-refractivity contribution in [1.82, 2.24) is 14.8 Å². The standard InChI is InChI=1S/C30H28FN3O2/c1-19-11-13-20(14-12-19)23-17-34-26(35)18-33(16-15-21-7-3-5-9-24(21)31)29(36)30(34,2)28-27(23)22-8-4-6-10-25(22)32-28/h3-14,23,32H,15-18H2,1-2H3. The molecule has 1 aromatic heterocycles. The van der Waals surface area contributed by atoms with Gasteiger partial charge in [0.25, 0.3) is 5.91 Å². The van der Waals surface area contributed by atoms with Crippen LogP contribution in [0.3, 0.4) is 0 Å². The van der Waals surface area contributed by atoms with Gasteiger partial charge in [0.2, 0.25) is 5.91 Å². The van der Waals surface area contributed by atoms with Crippen LogP contribution in [-0.2, 0) is 21.5 Å². The number of aryl methyl sites for hydroxylation is 1. The Morgan fingerprint density at radius 2 is 1.72 bits per heavy atom. The van der Waals surface area contributed by atoms with E-state index >= 15 is 0 Å². The molecule has 36 heavy (non-hydrogen) atoms. The first-order chi connectivity index (χ1) is 17.4. The summed E-state index contributed by atoms with van der Waals surface area (Å²) >= 11 is 0. The minimum absolute atomic E-state index is 0.000937. The van der Waals surface area contributed by atoms with E-state index in [-0.39, 0.29) is 36.6 Å². The molecule has 182 valence electrons. The number of fused-ring (bicyclic) bond motifs is 5. The van der Waals surface area contributed by atoms with Crippen LogP contribution in [0, 0.1) is 12.7 Å². The Morgan fingerprint density at radius 1 is 1.00 bits per heavy atom. The Labute approximate surface area is 209 Å². The van der Waals surface area contributed by atoms with Gasteiger partial charge in [-0.3, -0.25) is 9.59 Å². The van der Waals surface area contributed by atoms with Gasteiger partial charge in [0.05, 0.1) is 12.2 Å². The van der Waals surface area contributed by atoms with Crippen molar-refractivity contribution in [2.24, 2.45) is 0 Å². The van der Waals surface area contributed by atoms with E-state index in [9.17, 15) is 14.0 Å². The first kappa shape index (κ1) is 22.5. The fourth-order valence-electron chi connectivity index (χ4n) is 5.91. The molecule has 0 aliphatic carbocycles.